The van der Waals surface area contributed by atoms with Gasteiger partial charge in [-0.25, -0.2) is 8.42 Å². The predicted molar refractivity (Wildman–Crippen MR) is 71.2 cm³/mol. The van der Waals surface area contributed by atoms with Crippen molar-refractivity contribution in [3.8, 4) is 5.75 Å². The fourth-order valence-electron chi connectivity index (χ4n) is 1.92. The van der Waals surface area contributed by atoms with Gasteiger partial charge in [0.15, 0.2) is 0 Å². The van der Waals surface area contributed by atoms with E-state index in [2.05, 4.69) is 6.58 Å². The highest BCUT2D eigenvalue weighted by Gasteiger charge is 2.33. The molecule has 0 unspecified atom stereocenters. The van der Waals surface area contributed by atoms with Gasteiger partial charge in [-0.05, 0) is 24.1 Å². The second-order valence-corrected chi connectivity index (χ2v) is 6.57. The van der Waals surface area contributed by atoms with Gasteiger partial charge in [-0.2, -0.15) is 4.31 Å². The minimum atomic E-state index is -3.18. The van der Waals surface area contributed by atoms with Crippen molar-refractivity contribution >= 4 is 10.0 Å². The normalized spacial score (nSPS) is 21.2. The summed E-state index contributed by atoms with van der Waals surface area (Å²) < 4.78 is 30.2. The van der Waals surface area contributed by atoms with Crippen molar-refractivity contribution in [2.45, 2.75) is 13.0 Å². The maximum absolute atomic E-state index is 11.5. The van der Waals surface area contributed by atoms with E-state index >= 15 is 0 Å². The molecule has 2 rings (SSSR count). The number of ether oxygens (including phenoxy) is 1. The molecule has 0 saturated carbocycles. The molecule has 98 valence electrons. The number of rotatable bonds is 3. The van der Waals surface area contributed by atoms with Gasteiger partial charge in [0.1, 0.15) is 11.9 Å². The number of para-hydroxylation sites is 1. The topological polar surface area (TPSA) is 46.6 Å². The van der Waals surface area contributed by atoms with Crippen LogP contribution in [0, 0.1) is 6.92 Å². The largest absolute Gasteiger partial charge is 0.484 e. The van der Waals surface area contributed by atoms with E-state index in [1.54, 1.807) is 0 Å². The van der Waals surface area contributed by atoms with Crippen LogP contribution in [0.4, 0.5) is 0 Å². The van der Waals surface area contributed by atoms with Crippen LogP contribution < -0.4 is 4.74 Å². The lowest BCUT2D eigenvalue weighted by Crippen LogP contribution is -2.30. The van der Waals surface area contributed by atoms with Gasteiger partial charge in [0.05, 0.1) is 12.8 Å². The van der Waals surface area contributed by atoms with E-state index < -0.39 is 10.0 Å². The van der Waals surface area contributed by atoms with Gasteiger partial charge in [0.25, 0.3) is 0 Å². The summed E-state index contributed by atoms with van der Waals surface area (Å²) in [6, 6.07) is 7.68. The Hall–Kier alpha value is -1.33. The Kier molecular flexibility index (Phi) is 3.45. The minimum absolute atomic E-state index is 0.263. The monoisotopic (exact) mass is 267 g/mol. The molecule has 1 heterocycles. The Morgan fingerprint density at radius 1 is 1.39 bits per heavy atom. The van der Waals surface area contributed by atoms with Crippen molar-refractivity contribution in [3.05, 3.63) is 42.0 Å². The molecule has 0 radical (unpaired) electrons. The number of sulfonamides is 1. The number of hydrogen-bond donors (Lipinski definition) is 0. The van der Waals surface area contributed by atoms with Crippen molar-refractivity contribution < 1.29 is 13.2 Å². The van der Waals surface area contributed by atoms with Crippen molar-refractivity contribution in [2.24, 2.45) is 0 Å². The Morgan fingerprint density at radius 3 is 2.61 bits per heavy atom. The molecule has 0 spiro atoms. The third kappa shape index (κ3) is 2.73. The highest BCUT2D eigenvalue weighted by Crippen LogP contribution is 2.25. The smallest absolute Gasteiger partial charge is 0.211 e. The van der Waals surface area contributed by atoms with E-state index in [9.17, 15) is 8.42 Å². The van der Waals surface area contributed by atoms with Gasteiger partial charge in [-0.3, -0.25) is 0 Å². The van der Waals surface area contributed by atoms with Gasteiger partial charge in [-0.15, -0.1) is 0 Å². The van der Waals surface area contributed by atoms with Gasteiger partial charge >= 0.3 is 0 Å². The average molecular weight is 267 g/mol. The highest BCUT2D eigenvalue weighted by atomic mass is 32.2. The summed E-state index contributed by atoms with van der Waals surface area (Å²) >= 11 is 0. The van der Waals surface area contributed by atoms with Crippen molar-refractivity contribution in [2.75, 3.05) is 19.3 Å². The number of hydrogen-bond acceptors (Lipinski definition) is 3. The number of nitrogens with zero attached hydrogens (tertiary/aromatic N) is 1. The highest BCUT2D eigenvalue weighted by molar-refractivity contribution is 7.88. The molecule has 5 heteroatoms. The molecule has 4 nitrogen and oxygen atoms in total. The summed E-state index contributed by atoms with van der Waals surface area (Å²) in [7, 11) is -3.18. The first-order valence-corrected chi connectivity index (χ1v) is 7.58. The zero-order valence-corrected chi connectivity index (χ0v) is 11.4. The number of aryl methyl sites for hydroxylation is 1. The lowest BCUT2D eigenvalue weighted by atomic mass is 10.2. The molecule has 0 aromatic heterocycles. The zero-order valence-electron chi connectivity index (χ0n) is 10.6. The molecule has 1 aromatic rings. The molecule has 0 aliphatic carbocycles. The van der Waals surface area contributed by atoms with E-state index in [4.69, 9.17) is 4.74 Å². The molecule has 0 bridgehead atoms. The first-order chi connectivity index (χ1) is 8.38. The van der Waals surface area contributed by atoms with Crippen molar-refractivity contribution in [1.82, 2.24) is 4.31 Å². The lowest BCUT2D eigenvalue weighted by molar-refractivity contribution is 0.241. The van der Waals surface area contributed by atoms with Crippen LogP contribution in [0.1, 0.15) is 5.56 Å². The molecule has 1 aliphatic heterocycles. The molecule has 1 aliphatic rings. The van der Waals surface area contributed by atoms with Crippen molar-refractivity contribution in [1.29, 1.82) is 0 Å². The quantitative estimate of drug-likeness (QED) is 0.781. The van der Waals surface area contributed by atoms with Crippen LogP contribution in [0.2, 0.25) is 0 Å². The maximum atomic E-state index is 11.5. The summed E-state index contributed by atoms with van der Waals surface area (Å²) in [5.74, 6) is 0.777. The molecular formula is C13H17NO3S. The average Bonchev–Trinajstić information content (AvgIpc) is 2.63. The Bertz CT molecular complexity index is 565. The second-order valence-electron chi connectivity index (χ2n) is 4.59. The summed E-state index contributed by atoms with van der Waals surface area (Å²) in [5.41, 5.74) is 1.83. The van der Waals surface area contributed by atoms with Gasteiger partial charge < -0.3 is 4.74 Å². The van der Waals surface area contributed by atoms with Crippen LogP contribution in [0.25, 0.3) is 0 Å². The molecule has 18 heavy (non-hydrogen) atoms. The van der Waals surface area contributed by atoms with Crippen molar-refractivity contribution in [3.63, 3.8) is 0 Å². The van der Waals surface area contributed by atoms with E-state index in [1.807, 2.05) is 31.2 Å². The Balaban J connectivity index is 2.13. The maximum Gasteiger partial charge on any atom is 0.211 e. The van der Waals surface area contributed by atoms with E-state index in [0.29, 0.717) is 13.1 Å². The van der Waals surface area contributed by atoms with Crippen LogP contribution in [-0.2, 0) is 10.0 Å². The zero-order chi connectivity index (χ0) is 13.3. The van der Waals surface area contributed by atoms with Crippen LogP contribution in [0.15, 0.2) is 36.4 Å². The van der Waals surface area contributed by atoms with Gasteiger partial charge in [0.2, 0.25) is 10.0 Å². The molecule has 1 aromatic carbocycles. The van der Waals surface area contributed by atoms with Gasteiger partial charge in [0, 0.05) is 6.54 Å². The number of benzene rings is 1. The van der Waals surface area contributed by atoms with Crippen LogP contribution in [0.5, 0.6) is 5.75 Å². The fraction of sp³-hybridized carbons (Fsp3) is 0.385. The van der Waals surface area contributed by atoms with Crippen LogP contribution >= 0.6 is 0 Å². The summed E-state index contributed by atoms with van der Waals surface area (Å²) in [6.45, 7) is 6.54. The molecule has 1 fully saturated rings. The van der Waals surface area contributed by atoms with Crippen LogP contribution in [0.3, 0.4) is 0 Å². The molecule has 1 atom stereocenters. The summed E-state index contributed by atoms with van der Waals surface area (Å²) in [6.07, 6.45) is 0.942. The first-order valence-electron chi connectivity index (χ1n) is 5.73. The predicted octanol–water partition coefficient (Wildman–Crippen LogP) is 1.57. The van der Waals surface area contributed by atoms with Crippen LogP contribution in [-0.4, -0.2) is 38.2 Å². The molecule has 1 saturated heterocycles. The van der Waals surface area contributed by atoms with E-state index in [1.165, 1.54) is 10.6 Å². The second kappa shape index (κ2) is 4.74. The molecule has 0 amide bonds. The standard InChI is InChI=1S/C13H17NO3S/c1-10-6-4-5-7-12(10)17-13-9-14(8-11(13)2)18(3,15)16/h4-7,13H,2,8-9H2,1,3H3/t13-/m0/s1. The Morgan fingerprint density at radius 2 is 2.06 bits per heavy atom. The minimum Gasteiger partial charge on any atom is -0.484 e. The third-order valence-electron chi connectivity index (χ3n) is 3.04. The summed E-state index contributed by atoms with van der Waals surface area (Å²) in [5, 5.41) is 0. The van der Waals surface area contributed by atoms with E-state index in [0.717, 1.165) is 16.9 Å². The Labute approximate surface area is 108 Å². The van der Waals surface area contributed by atoms with E-state index in [-0.39, 0.29) is 6.10 Å². The molecule has 0 N–H and O–H groups in total. The molecular weight excluding hydrogens is 250 g/mol. The lowest BCUT2D eigenvalue weighted by Gasteiger charge is -2.16. The third-order valence-corrected chi connectivity index (χ3v) is 4.25. The summed E-state index contributed by atoms with van der Waals surface area (Å²) in [4.78, 5) is 0. The fourth-order valence-corrected chi connectivity index (χ4v) is 2.73. The SMILES string of the molecule is C=C1CN(S(C)(=O)=O)C[C@@H]1Oc1ccccc1C. The first kappa shape index (κ1) is 13.1. The van der Waals surface area contributed by atoms with Gasteiger partial charge in [-0.1, -0.05) is 24.8 Å².